The highest BCUT2D eigenvalue weighted by Gasteiger charge is 2.37. The maximum absolute atomic E-state index is 12.2. The lowest BCUT2D eigenvalue weighted by Gasteiger charge is -2.37. The van der Waals surface area contributed by atoms with Crippen molar-refractivity contribution in [2.24, 2.45) is 5.92 Å². The molecule has 1 saturated heterocycles. The number of Topliss-reactive ketones (excluding diaryl/α,β-unsaturated/α-hetero) is 1. The number of ketones is 1. The SMILES string of the molecule is O=C(c1ccccc1)[C@@H]1O[C@H]2C=C[C@@H]1CC2. The minimum Gasteiger partial charge on any atom is -0.362 e. The van der Waals surface area contributed by atoms with Crippen molar-refractivity contribution in [1.29, 1.82) is 0 Å². The molecule has 2 nitrogen and oxygen atoms in total. The molecular weight excluding hydrogens is 200 g/mol. The number of carbonyl (C=O) groups excluding carboxylic acids is 1. The van der Waals surface area contributed by atoms with E-state index in [4.69, 9.17) is 4.74 Å². The Morgan fingerprint density at radius 1 is 1.12 bits per heavy atom. The summed E-state index contributed by atoms with van der Waals surface area (Å²) in [6.07, 6.45) is 6.25. The lowest BCUT2D eigenvalue weighted by atomic mass is 9.83. The zero-order chi connectivity index (χ0) is 11.0. The Morgan fingerprint density at radius 2 is 1.94 bits per heavy atom. The molecule has 0 unspecified atom stereocenters. The third-order valence-electron chi connectivity index (χ3n) is 3.38. The molecule has 82 valence electrons. The van der Waals surface area contributed by atoms with Crippen molar-refractivity contribution in [2.75, 3.05) is 0 Å². The number of ether oxygens (including phenoxy) is 1. The molecule has 0 spiro atoms. The van der Waals surface area contributed by atoms with Gasteiger partial charge in [-0.15, -0.1) is 0 Å². The van der Waals surface area contributed by atoms with Gasteiger partial charge < -0.3 is 4.74 Å². The lowest BCUT2D eigenvalue weighted by molar-refractivity contribution is -0.0432. The van der Waals surface area contributed by atoms with E-state index in [0.717, 1.165) is 18.4 Å². The van der Waals surface area contributed by atoms with Crippen LogP contribution in [-0.4, -0.2) is 18.0 Å². The third-order valence-corrected chi connectivity index (χ3v) is 3.38. The Hall–Kier alpha value is -1.41. The van der Waals surface area contributed by atoms with E-state index >= 15 is 0 Å². The summed E-state index contributed by atoms with van der Waals surface area (Å²) in [4.78, 5) is 12.2. The Labute approximate surface area is 94.9 Å². The molecule has 1 fully saturated rings. The highest BCUT2D eigenvalue weighted by Crippen LogP contribution is 2.33. The number of hydrogen-bond donors (Lipinski definition) is 0. The fraction of sp³-hybridized carbons (Fsp3) is 0.357. The zero-order valence-corrected chi connectivity index (χ0v) is 9.00. The van der Waals surface area contributed by atoms with Crippen molar-refractivity contribution in [1.82, 2.24) is 0 Å². The monoisotopic (exact) mass is 214 g/mol. The van der Waals surface area contributed by atoms with Gasteiger partial charge in [0.25, 0.3) is 0 Å². The Bertz CT molecular complexity index is 422. The van der Waals surface area contributed by atoms with Gasteiger partial charge in [-0.3, -0.25) is 4.79 Å². The third kappa shape index (κ3) is 1.59. The van der Waals surface area contributed by atoms with Crippen LogP contribution in [0.1, 0.15) is 23.2 Å². The van der Waals surface area contributed by atoms with Crippen molar-refractivity contribution in [3.63, 3.8) is 0 Å². The maximum atomic E-state index is 12.2. The van der Waals surface area contributed by atoms with Crippen molar-refractivity contribution >= 4 is 5.78 Å². The van der Waals surface area contributed by atoms with E-state index in [9.17, 15) is 4.79 Å². The second-order valence-electron chi connectivity index (χ2n) is 4.45. The highest BCUT2D eigenvalue weighted by atomic mass is 16.5. The van der Waals surface area contributed by atoms with E-state index < -0.39 is 0 Å². The molecule has 3 aliphatic rings. The van der Waals surface area contributed by atoms with Crippen LogP contribution in [0.15, 0.2) is 42.5 Å². The summed E-state index contributed by atoms with van der Waals surface area (Å²) in [6.45, 7) is 0. The van der Waals surface area contributed by atoms with E-state index in [0.29, 0.717) is 0 Å². The molecule has 1 aliphatic carbocycles. The number of rotatable bonds is 2. The van der Waals surface area contributed by atoms with Gasteiger partial charge in [-0.1, -0.05) is 42.5 Å². The van der Waals surface area contributed by atoms with Crippen LogP contribution in [0.3, 0.4) is 0 Å². The van der Waals surface area contributed by atoms with E-state index in [1.807, 2.05) is 30.3 Å². The van der Waals surface area contributed by atoms with Crippen LogP contribution in [-0.2, 0) is 4.74 Å². The largest absolute Gasteiger partial charge is 0.362 e. The molecular formula is C14H14O2. The molecule has 0 amide bonds. The first kappa shape index (κ1) is 9.79. The smallest absolute Gasteiger partial charge is 0.192 e. The summed E-state index contributed by atoms with van der Waals surface area (Å²) in [5.74, 6) is 0.400. The van der Waals surface area contributed by atoms with E-state index in [1.54, 1.807) is 0 Å². The van der Waals surface area contributed by atoms with Gasteiger partial charge in [0.2, 0.25) is 0 Å². The topological polar surface area (TPSA) is 26.3 Å². The second kappa shape index (κ2) is 3.87. The molecule has 4 rings (SSSR count). The molecule has 0 radical (unpaired) electrons. The van der Waals surface area contributed by atoms with Crippen molar-refractivity contribution in [2.45, 2.75) is 25.0 Å². The van der Waals surface area contributed by atoms with Crippen LogP contribution in [0.25, 0.3) is 0 Å². The normalized spacial score (nSPS) is 31.6. The Kier molecular flexibility index (Phi) is 2.37. The van der Waals surface area contributed by atoms with E-state index in [1.165, 1.54) is 0 Å². The van der Waals surface area contributed by atoms with Gasteiger partial charge in [0.1, 0.15) is 6.10 Å². The lowest BCUT2D eigenvalue weighted by Crippen LogP contribution is -2.42. The Balaban J connectivity index is 1.84. The second-order valence-corrected chi connectivity index (χ2v) is 4.45. The minimum absolute atomic E-state index is 0.125. The standard InChI is InChI=1S/C14H14O2/c15-13(10-4-2-1-3-5-10)14-11-6-8-12(16-14)9-7-11/h1-6,8,11-12,14H,7,9H2/t11-,12+,14-/m1/s1. The molecule has 2 aliphatic heterocycles. The minimum atomic E-state index is -0.258. The van der Waals surface area contributed by atoms with Crippen LogP contribution >= 0.6 is 0 Å². The summed E-state index contributed by atoms with van der Waals surface area (Å²) in [5.41, 5.74) is 0.758. The van der Waals surface area contributed by atoms with Gasteiger partial charge in [0.05, 0.1) is 6.10 Å². The average molecular weight is 214 g/mol. The molecule has 0 saturated carbocycles. The predicted molar refractivity (Wildman–Crippen MR) is 61.3 cm³/mol. The zero-order valence-electron chi connectivity index (χ0n) is 9.00. The molecule has 0 N–H and O–H groups in total. The van der Waals surface area contributed by atoms with Crippen LogP contribution in [0, 0.1) is 5.92 Å². The van der Waals surface area contributed by atoms with Crippen molar-refractivity contribution < 1.29 is 9.53 Å². The molecule has 3 atom stereocenters. The van der Waals surface area contributed by atoms with Crippen LogP contribution in [0.5, 0.6) is 0 Å². The van der Waals surface area contributed by atoms with Gasteiger partial charge in [0, 0.05) is 11.5 Å². The van der Waals surface area contributed by atoms with Crippen molar-refractivity contribution in [3.05, 3.63) is 48.0 Å². The number of carbonyl (C=O) groups is 1. The van der Waals surface area contributed by atoms with Gasteiger partial charge >= 0.3 is 0 Å². The molecule has 2 bridgehead atoms. The van der Waals surface area contributed by atoms with E-state index in [2.05, 4.69) is 12.2 Å². The first-order valence-electron chi connectivity index (χ1n) is 5.77. The van der Waals surface area contributed by atoms with Crippen LogP contribution in [0.4, 0.5) is 0 Å². The number of hydrogen-bond acceptors (Lipinski definition) is 2. The average Bonchev–Trinajstić information content (AvgIpc) is 2.40. The van der Waals surface area contributed by atoms with Gasteiger partial charge in [-0.2, -0.15) is 0 Å². The van der Waals surface area contributed by atoms with Gasteiger partial charge in [-0.05, 0) is 12.8 Å². The molecule has 2 heterocycles. The van der Waals surface area contributed by atoms with Crippen molar-refractivity contribution in [3.8, 4) is 0 Å². The fourth-order valence-corrected chi connectivity index (χ4v) is 2.49. The first-order chi connectivity index (χ1) is 7.84. The van der Waals surface area contributed by atoms with Crippen LogP contribution < -0.4 is 0 Å². The Morgan fingerprint density at radius 3 is 2.50 bits per heavy atom. The molecule has 1 aromatic carbocycles. The fourth-order valence-electron chi connectivity index (χ4n) is 2.49. The molecule has 1 aromatic rings. The number of fused-ring (bicyclic) bond motifs is 2. The number of benzene rings is 1. The van der Waals surface area contributed by atoms with Crippen LogP contribution in [0.2, 0.25) is 0 Å². The summed E-state index contributed by atoms with van der Waals surface area (Å²) >= 11 is 0. The predicted octanol–water partition coefficient (Wildman–Crippen LogP) is 2.60. The summed E-state index contributed by atoms with van der Waals surface area (Å²) in [6, 6.07) is 9.42. The maximum Gasteiger partial charge on any atom is 0.192 e. The molecule has 16 heavy (non-hydrogen) atoms. The van der Waals surface area contributed by atoms with Gasteiger partial charge in [-0.25, -0.2) is 0 Å². The molecule has 0 aromatic heterocycles. The highest BCUT2D eigenvalue weighted by molar-refractivity contribution is 6.00. The summed E-state index contributed by atoms with van der Waals surface area (Å²) < 4.78 is 5.77. The first-order valence-corrected chi connectivity index (χ1v) is 5.77. The van der Waals surface area contributed by atoms with Gasteiger partial charge in [0.15, 0.2) is 5.78 Å². The van der Waals surface area contributed by atoms with E-state index in [-0.39, 0.29) is 23.9 Å². The molecule has 2 heteroatoms. The summed E-state index contributed by atoms with van der Waals surface area (Å²) in [5, 5.41) is 0. The summed E-state index contributed by atoms with van der Waals surface area (Å²) in [7, 11) is 0. The quantitative estimate of drug-likeness (QED) is 0.558.